The first-order valence-electron chi connectivity index (χ1n) is 6.96. The molecule has 16 heavy (non-hydrogen) atoms. The highest BCUT2D eigenvalue weighted by atomic mass is 16.1. The molecule has 88 valence electrons. The third-order valence-electron chi connectivity index (χ3n) is 7.04. The van der Waals surface area contributed by atoms with E-state index in [0.29, 0.717) is 17.1 Å². The summed E-state index contributed by atoms with van der Waals surface area (Å²) in [5.74, 6) is 5.23. The Balaban J connectivity index is 1.82. The fourth-order valence-electron chi connectivity index (χ4n) is 6.39. The predicted octanol–water partition coefficient (Wildman–Crippen LogP) is 3.14. The Morgan fingerprint density at radius 1 is 1.31 bits per heavy atom. The molecule has 6 aliphatic rings. The molecule has 1 nitrogen and oxygen atoms in total. The highest BCUT2D eigenvalue weighted by Crippen LogP contribution is 2.86. The van der Waals surface area contributed by atoms with E-state index in [9.17, 15) is 4.79 Å². The van der Waals surface area contributed by atoms with Crippen molar-refractivity contribution >= 4 is 5.78 Å². The molecule has 6 aliphatic carbocycles. The molecule has 0 aromatic rings. The Bertz CT molecular complexity index is 398. The number of carbonyl (C=O) groups excluding carboxylic acids is 1. The van der Waals surface area contributed by atoms with Crippen molar-refractivity contribution in [3.05, 3.63) is 0 Å². The minimum Gasteiger partial charge on any atom is -0.299 e. The molecular formula is C15H22O. The van der Waals surface area contributed by atoms with E-state index in [1.165, 1.54) is 12.8 Å². The molecule has 0 N–H and O–H groups in total. The van der Waals surface area contributed by atoms with Crippen LogP contribution in [0.3, 0.4) is 0 Å². The van der Waals surface area contributed by atoms with Gasteiger partial charge in [0.25, 0.3) is 0 Å². The van der Waals surface area contributed by atoms with E-state index in [4.69, 9.17) is 0 Å². The van der Waals surface area contributed by atoms with Gasteiger partial charge in [-0.2, -0.15) is 0 Å². The van der Waals surface area contributed by atoms with Gasteiger partial charge in [-0.15, -0.1) is 0 Å². The molecular weight excluding hydrogens is 196 g/mol. The first kappa shape index (κ1) is 9.67. The molecule has 0 heterocycles. The van der Waals surface area contributed by atoms with Crippen LogP contribution in [0.2, 0.25) is 0 Å². The van der Waals surface area contributed by atoms with Crippen LogP contribution in [0.5, 0.6) is 0 Å². The molecule has 0 aromatic heterocycles. The Kier molecular flexibility index (Phi) is 1.38. The third kappa shape index (κ3) is 0.683. The summed E-state index contributed by atoms with van der Waals surface area (Å²) in [4.78, 5) is 12.4. The maximum Gasteiger partial charge on any atom is 0.143 e. The number of hydrogen-bond donors (Lipinski definition) is 0. The van der Waals surface area contributed by atoms with Crippen LogP contribution in [0.25, 0.3) is 0 Å². The van der Waals surface area contributed by atoms with Gasteiger partial charge < -0.3 is 0 Å². The van der Waals surface area contributed by atoms with Crippen LogP contribution < -0.4 is 0 Å². The van der Waals surface area contributed by atoms with Crippen molar-refractivity contribution in [1.29, 1.82) is 0 Å². The second kappa shape index (κ2) is 2.28. The van der Waals surface area contributed by atoms with Gasteiger partial charge in [0, 0.05) is 11.3 Å². The third-order valence-corrected chi connectivity index (χ3v) is 7.04. The first-order valence-corrected chi connectivity index (χ1v) is 6.96. The highest BCUT2D eigenvalue weighted by Gasteiger charge is 2.86. The number of Topliss-reactive ketones (excluding diaryl/α,β-unsaturated/α-hetero) is 1. The van der Waals surface area contributed by atoms with Gasteiger partial charge in [0.15, 0.2) is 0 Å². The van der Waals surface area contributed by atoms with E-state index in [2.05, 4.69) is 27.7 Å². The molecule has 0 amide bonds. The fourth-order valence-corrected chi connectivity index (χ4v) is 6.39. The molecule has 0 saturated heterocycles. The van der Waals surface area contributed by atoms with E-state index < -0.39 is 0 Å². The lowest BCUT2D eigenvalue weighted by atomic mass is 9.48. The molecule has 1 heteroatoms. The number of rotatable bonds is 1. The molecule has 6 bridgehead atoms. The van der Waals surface area contributed by atoms with Gasteiger partial charge in [-0.1, -0.05) is 27.7 Å². The Labute approximate surface area is 98.0 Å². The summed E-state index contributed by atoms with van der Waals surface area (Å²) in [5.41, 5.74) is 0.532. The van der Waals surface area contributed by atoms with Gasteiger partial charge in [0.05, 0.1) is 0 Å². The number of hydrogen-bond acceptors (Lipinski definition) is 1. The molecule has 6 fully saturated rings. The van der Waals surface area contributed by atoms with Crippen LogP contribution in [0.4, 0.5) is 0 Å². The van der Waals surface area contributed by atoms with Crippen molar-refractivity contribution in [3.8, 4) is 0 Å². The highest BCUT2D eigenvalue weighted by molar-refractivity contribution is 5.96. The van der Waals surface area contributed by atoms with E-state index in [1.54, 1.807) is 0 Å². The van der Waals surface area contributed by atoms with Crippen LogP contribution in [0, 0.1) is 46.3 Å². The van der Waals surface area contributed by atoms with Gasteiger partial charge in [0.1, 0.15) is 5.78 Å². The van der Waals surface area contributed by atoms with Gasteiger partial charge in [0.2, 0.25) is 0 Å². The molecule has 0 unspecified atom stereocenters. The topological polar surface area (TPSA) is 17.1 Å². The maximum absolute atomic E-state index is 12.4. The smallest absolute Gasteiger partial charge is 0.143 e. The fraction of sp³-hybridized carbons (Fsp3) is 0.933. The van der Waals surface area contributed by atoms with Crippen LogP contribution >= 0.6 is 0 Å². The van der Waals surface area contributed by atoms with Crippen molar-refractivity contribution in [2.75, 3.05) is 0 Å². The first-order chi connectivity index (χ1) is 7.42. The van der Waals surface area contributed by atoms with Crippen LogP contribution in [0.1, 0.15) is 40.5 Å². The quantitative estimate of drug-likeness (QED) is 0.661. The zero-order valence-electron chi connectivity index (χ0n) is 10.8. The lowest BCUT2D eigenvalue weighted by Crippen LogP contribution is -2.53. The number of fused-ring (bicyclic) bond motifs is 1. The van der Waals surface area contributed by atoms with E-state index in [0.717, 1.165) is 29.6 Å². The van der Waals surface area contributed by atoms with Gasteiger partial charge in [-0.05, 0) is 47.8 Å². The molecule has 6 saturated carbocycles. The molecule has 7 atom stereocenters. The van der Waals surface area contributed by atoms with Crippen LogP contribution in [-0.4, -0.2) is 5.78 Å². The van der Waals surface area contributed by atoms with Crippen molar-refractivity contribution in [2.45, 2.75) is 40.5 Å². The van der Waals surface area contributed by atoms with Gasteiger partial charge in [-0.3, -0.25) is 4.79 Å². The average Bonchev–Trinajstić information content (AvgIpc) is 2.80. The minimum atomic E-state index is 0.0875. The second-order valence-corrected chi connectivity index (χ2v) is 7.72. The summed E-state index contributed by atoms with van der Waals surface area (Å²) in [6, 6.07) is 0. The summed E-state index contributed by atoms with van der Waals surface area (Å²) in [6.07, 6.45) is 2.56. The number of ketones is 1. The Morgan fingerprint density at radius 3 is 2.56 bits per heavy atom. The standard InChI is InChI=1S/C15H22O/c1-7(2)8-5-10-14(3)6-9(8)11-12(13(14)16)15(10,11)4/h7-12H,5-6H2,1-4H3/t8-,9-,10-,11+,12-,14+,15+/m0/s1. The predicted molar refractivity (Wildman–Crippen MR) is 62.7 cm³/mol. The number of carbonyl (C=O) groups is 1. The summed E-state index contributed by atoms with van der Waals surface area (Å²) in [5, 5.41) is 0. The maximum atomic E-state index is 12.4. The molecule has 0 spiro atoms. The van der Waals surface area contributed by atoms with Crippen molar-refractivity contribution in [2.24, 2.45) is 46.3 Å². The SMILES string of the molecule is CC(C)[C@@H]1C[C@@H]2[C@]3(C)[C@@H]4[C@H]1C[C@@]2(C)C(=O)[C@H]43. The van der Waals surface area contributed by atoms with Gasteiger partial charge >= 0.3 is 0 Å². The monoisotopic (exact) mass is 218 g/mol. The van der Waals surface area contributed by atoms with Crippen molar-refractivity contribution in [3.63, 3.8) is 0 Å². The summed E-state index contributed by atoms with van der Waals surface area (Å²) < 4.78 is 0. The van der Waals surface area contributed by atoms with Crippen molar-refractivity contribution in [1.82, 2.24) is 0 Å². The molecule has 0 aliphatic heterocycles. The average molecular weight is 218 g/mol. The van der Waals surface area contributed by atoms with Crippen LogP contribution in [0.15, 0.2) is 0 Å². The zero-order valence-corrected chi connectivity index (χ0v) is 10.8. The largest absolute Gasteiger partial charge is 0.299 e. The molecule has 0 aromatic carbocycles. The second-order valence-electron chi connectivity index (χ2n) is 7.72. The van der Waals surface area contributed by atoms with Gasteiger partial charge in [-0.25, -0.2) is 0 Å². The summed E-state index contributed by atoms with van der Waals surface area (Å²) in [6.45, 7) is 9.44. The van der Waals surface area contributed by atoms with Crippen LogP contribution in [-0.2, 0) is 4.79 Å². The summed E-state index contributed by atoms with van der Waals surface area (Å²) >= 11 is 0. The molecule has 6 rings (SSSR count). The van der Waals surface area contributed by atoms with E-state index in [1.807, 2.05) is 0 Å². The van der Waals surface area contributed by atoms with Crippen molar-refractivity contribution < 1.29 is 4.79 Å². The normalized spacial score (nSPS) is 65.6. The molecule has 0 radical (unpaired) electrons. The Morgan fingerprint density at radius 2 is 2.00 bits per heavy atom. The summed E-state index contributed by atoms with van der Waals surface area (Å²) in [7, 11) is 0. The Hall–Kier alpha value is -0.330. The van der Waals surface area contributed by atoms with E-state index in [-0.39, 0.29) is 5.41 Å². The zero-order chi connectivity index (χ0) is 11.5. The van der Waals surface area contributed by atoms with E-state index >= 15 is 0 Å². The lowest BCUT2D eigenvalue weighted by Gasteiger charge is -2.55. The lowest BCUT2D eigenvalue weighted by molar-refractivity contribution is -0.146. The minimum absolute atomic E-state index is 0.0875.